The van der Waals surface area contributed by atoms with E-state index in [1.807, 2.05) is 0 Å². The van der Waals surface area contributed by atoms with Crippen LogP contribution in [0.4, 0.5) is 11.4 Å². The Morgan fingerprint density at radius 3 is 2.56 bits per heavy atom. The fourth-order valence-electron chi connectivity index (χ4n) is 3.55. The summed E-state index contributed by atoms with van der Waals surface area (Å²) in [6, 6.07) is 4.09. The molecule has 2 aliphatic rings. The van der Waals surface area contributed by atoms with Gasteiger partial charge in [-0.3, -0.25) is 15.0 Å². The van der Waals surface area contributed by atoms with Crippen LogP contribution in [0.1, 0.15) is 42.5 Å². The van der Waals surface area contributed by atoms with Crippen molar-refractivity contribution < 1.29 is 14.8 Å². The molecule has 0 aromatic heterocycles. The molecule has 25 heavy (non-hydrogen) atoms. The van der Waals surface area contributed by atoms with Gasteiger partial charge in [-0.25, -0.2) is 9.79 Å². The second-order valence-corrected chi connectivity index (χ2v) is 6.05. The van der Waals surface area contributed by atoms with Crippen molar-refractivity contribution in [2.75, 3.05) is 4.90 Å². The lowest BCUT2D eigenvalue weighted by atomic mass is 9.87. The number of carboxylic acid groups (broad SMARTS) is 1. The molecule has 10 heteroatoms. The van der Waals surface area contributed by atoms with E-state index in [4.69, 9.17) is 11.5 Å². The predicted octanol–water partition coefficient (Wildman–Crippen LogP) is 1.40. The maximum absolute atomic E-state index is 11.6. The third-order valence-corrected chi connectivity index (χ3v) is 4.52. The van der Waals surface area contributed by atoms with Crippen molar-refractivity contribution in [3.05, 3.63) is 33.9 Å². The fraction of sp³-hybridized carbons (Fsp3) is 0.400. The van der Waals surface area contributed by atoms with Gasteiger partial charge in [0.05, 0.1) is 4.92 Å². The Kier molecular flexibility index (Phi) is 4.03. The number of carbonyl (C=O) groups is 1. The standard InChI is InChI=1S/C15H18N6O4/c16-13-18-14(17)20(15(19-13)7-2-1-3-8-15)10-6-4-5-9(12(22)23)11(10)21(24)25/h4-6H,1-3,7-8H2,(H,22,23)(H4,16,17,18,19). The number of benzene rings is 1. The van der Waals surface area contributed by atoms with Crippen LogP contribution in [-0.4, -0.2) is 33.6 Å². The van der Waals surface area contributed by atoms with E-state index < -0.39 is 27.8 Å². The van der Waals surface area contributed by atoms with Gasteiger partial charge in [0.15, 0.2) is 0 Å². The van der Waals surface area contributed by atoms with Gasteiger partial charge < -0.3 is 16.6 Å². The monoisotopic (exact) mass is 346 g/mol. The Balaban J connectivity index is 2.23. The Hall–Kier alpha value is -3.17. The predicted molar refractivity (Wildman–Crippen MR) is 91.6 cm³/mol. The van der Waals surface area contributed by atoms with E-state index >= 15 is 0 Å². The van der Waals surface area contributed by atoms with Crippen molar-refractivity contribution in [1.29, 1.82) is 0 Å². The summed E-state index contributed by atoms with van der Waals surface area (Å²) in [5.74, 6) is -1.39. The molecule has 1 saturated carbocycles. The first-order valence-electron chi connectivity index (χ1n) is 7.86. The van der Waals surface area contributed by atoms with Gasteiger partial charge in [-0.05, 0) is 37.8 Å². The molecule has 1 aromatic carbocycles. The number of aliphatic imine (C=N–C) groups is 2. The van der Waals surface area contributed by atoms with E-state index in [2.05, 4.69) is 9.98 Å². The number of rotatable bonds is 3. The summed E-state index contributed by atoms with van der Waals surface area (Å²) in [5.41, 5.74) is 10.1. The second-order valence-electron chi connectivity index (χ2n) is 6.05. The van der Waals surface area contributed by atoms with Crippen LogP contribution < -0.4 is 16.4 Å². The molecular weight excluding hydrogens is 328 g/mol. The number of nitro benzene ring substituents is 1. The van der Waals surface area contributed by atoms with Crippen LogP contribution >= 0.6 is 0 Å². The number of anilines is 1. The van der Waals surface area contributed by atoms with Crippen molar-refractivity contribution >= 4 is 29.3 Å². The van der Waals surface area contributed by atoms with E-state index in [9.17, 15) is 20.0 Å². The van der Waals surface area contributed by atoms with Crippen molar-refractivity contribution in [2.45, 2.75) is 37.8 Å². The molecule has 1 fully saturated rings. The average molecular weight is 346 g/mol. The van der Waals surface area contributed by atoms with Gasteiger partial charge in [0.1, 0.15) is 16.9 Å². The molecule has 1 spiro atoms. The van der Waals surface area contributed by atoms with E-state index in [1.54, 1.807) is 0 Å². The number of guanidine groups is 2. The summed E-state index contributed by atoms with van der Waals surface area (Å²) in [6.45, 7) is 0. The van der Waals surface area contributed by atoms with Gasteiger partial charge in [-0.2, -0.15) is 4.99 Å². The molecule has 0 bridgehead atoms. The number of nitrogens with zero attached hydrogens (tertiary/aromatic N) is 4. The molecule has 1 heterocycles. The Morgan fingerprint density at radius 2 is 1.96 bits per heavy atom. The van der Waals surface area contributed by atoms with Crippen LogP contribution in [0, 0.1) is 10.1 Å². The Labute approximate surface area is 143 Å². The zero-order chi connectivity index (χ0) is 18.2. The third-order valence-electron chi connectivity index (χ3n) is 4.52. The van der Waals surface area contributed by atoms with Gasteiger partial charge in [-0.15, -0.1) is 0 Å². The molecule has 1 aliphatic heterocycles. The summed E-state index contributed by atoms with van der Waals surface area (Å²) in [5, 5.41) is 20.9. The van der Waals surface area contributed by atoms with Crippen LogP contribution in [0.5, 0.6) is 0 Å². The smallest absolute Gasteiger partial charge is 0.342 e. The number of nitro groups is 1. The molecule has 1 aliphatic carbocycles. The van der Waals surface area contributed by atoms with Crippen molar-refractivity contribution in [3.63, 3.8) is 0 Å². The zero-order valence-electron chi connectivity index (χ0n) is 13.4. The lowest BCUT2D eigenvalue weighted by molar-refractivity contribution is -0.384. The number of aromatic carboxylic acids is 1. The molecule has 3 rings (SSSR count). The SMILES string of the molecule is NC1=NC2(CCCCC2)N(c2cccc(C(=O)O)c2[N+](=O)[O-])C(N)=N1. The van der Waals surface area contributed by atoms with E-state index in [0.717, 1.165) is 19.3 Å². The first-order valence-corrected chi connectivity index (χ1v) is 7.86. The van der Waals surface area contributed by atoms with Crippen LogP contribution in [0.25, 0.3) is 0 Å². The topological polar surface area (TPSA) is 160 Å². The normalized spacial score (nSPS) is 19.3. The Morgan fingerprint density at radius 1 is 1.28 bits per heavy atom. The first-order chi connectivity index (χ1) is 11.9. The maximum atomic E-state index is 11.6. The van der Waals surface area contributed by atoms with Crippen LogP contribution in [0.15, 0.2) is 28.2 Å². The van der Waals surface area contributed by atoms with Crippen molar-refractivity contribution in [2.24, 2.45) is 21.5 Å². The van der Waals surface area contributed by atoms with E-state index in [-0.39, 0.29) is 17.6 Å². The van der Waals surface area contributed by atoms with Crippen molar-refractivity contribution in [1.82, 2.24) is 0 Å². The molecule has 132 valence electrons. The van der Waals surface area contributed by atoms with E-state index in [1.165, 1.54) is 23.1 Å². The van der Waals surface area contributed by atoms with Gasteiger partial charge in [0, 0.05) is 0 Å². The summed E-state index contributed by atoms with van der Waals surface area (Å²) in [7, 11) is 0. The minimum atomic E-state index is -1.39. The number of nitrogens with two attached hydrogens (primary N) is 2. The highest BCUT2D eigenvalue weighted by atomic mass is 16.6. The first kappa shape index (κ1) is 16.7. The molecule has 1 aromatic rings. The number of para-hydroxylation sites is 1. The van der Waals surface area contributed by atoms with Gasteiger partial charge in [-0.1, -0.05) is 12.5 Å². The van der Waals surface area contributed by atoms with Crippen LogP contribution in [0.2, 0.25) is 0 Å². The summed E-state index contributed by atoms with van der Waals surface area (Å²) < 4.78 is 0. The highest BCUT2D eigenvalue weighted by Crippen LogP contribution is 2.43. The molecular formula is C15H18N6O4. The molecule has 0 unspecified atom stereocenters. The van der Waals surface area contributed by atoms with Gasteiger partial charge in [0.25, 0.3) is 0 Å². The third kappa shape index (κ3) is 2.75. The minimum Gasteiger partial charge on any atom is -0.477 e. The average Bonchev–Trinajstić information content (AvgIpc) is 2.54. The lowest BCUT2D eigenvalue weighted by Crippen LogP contribution is -2.58. The fourth-order valence-corrected chi connectivity index (χ4v) is 3.55. The highest BCUT2D eigenvalue weighted by molar-refractivity contribution is 6.08. The summed E-state index contributed by atoms with van der Waals surface area (Å²) >= 11 is 0. The number of hydrogen-bond donors (Lipinski definition) is 3. The van der Waals surface area contributed by atoms with Crippen molar-refractivity contribution in [3.8, 4) is 0 Å². The number of carboxylic acids is 1. The molecule has 0 radical (unpaired) electrons. The number of hydrogen-bond acceptors (Lipinski definition) is 8. The lowest BCUT2D eigenvalue weighted by Gasteiger charge is -2.45. The summed E-state index contributed by atoms with van der Waals surface area (Å²) in [4.78, 5) is 32.2. The molecule has 0 atom stereocenters. The largest absolute Gasteiger partial charge is 0.477 e. The molecule has 0 amide bonds. The van der Waals surface area contributed by atoms with Crippen LogP contribution in [0.3, 0.4) is 0 Å². The van der Waals surface area contributed by atoms with Gasteiger partial charge in [0.2, 0.25) is 11.9 Å². The highest BCUT2D eigenvalue weighted by Gasteiger charge is 2.45. The minimum absolute atomic E-state index is 0.0210. The van der Waals surface area contributed by atoms with Gasteiger partial charge >= 0.3 is 11.7 Å². The molecule has 5 N–H and O–H groups in total. The zero-order valence-corrected chi connectivity index (χ0v) is 13.4. The maximum Gasteiger partial charge on any atom is 0.342 e. The Bertz CT molecular complexity index is 797. The quantitative estimate of drug-likeness (QED) is 0.550. The molecule has 10 nitrogen and oxygen atoms in total. The second kappa shape index (κ2) is 6.04. The van der Waals surface area contributed by atoms with Crippen LogP contribution in [-0.2, 0) is 0 Å². The summed E-state index contributed by atoms with van der Waals surface area (Å²) in [6.07, 6.45) is 3.91. The molecule has 0 saturated heterocycles. The van der Waals surface area contributed by atoms with E-state index in [0.29, 0.717) is 12.8 Å².